The van der Waals surface area contributed by atoms with Crippen LogP contribution in [-0.2, 0) is 6.42 Å². The van der Waals surface area contributed by atoms with Crippen LogP contribution in [-0.4, -0.2) is 34.2 Å². The molecule has 110 valence electrons. The smallest absolute Gasteiger partial charge is 0.225 e. The highest BCUT2D eigenvalue weighted by molar-refractivity contribution is 5.37. The van der Waals surface area contributed by atoms with E-state index in [1.54, 1.807) is 12.3 Å². The number of rotatable bonds is 3. The van der Waals surface area contributed by atoms with Crippen LogP contribution in [0.2, 0.25) is 0 Å². The van der Waals surface area contributed by atoms with E-state index in [4.69, 9.17) is 5.73 Å². The first-order valence-corrected chi connectivity index (χ1v) is 7.31. The van der Waals surface area contributed by atoms with E-state index in [1.165, 1.54) is 0 Å². The largest absolute Gasteiger partial charge is 0.508 e. The molecule has 1 aliphatic rings. The summed E-state index contributed by atoms with van der Waals surface area (Å²) in [4.78, 5) is 11.2. The molecule has 2 aromatic rings. The van der Waals surface area contributed by atoms with Crippen molar-refractivity contribution in [1.29, 1.82) is 0 Å². The van der Waals surface area contributed by atoms with Gasteiger partial charge in [-0.1, -0.05) is 18.2 Å². The first-order valence-electron chi connectivity index (χ1n) is 7.31. The van der Waals surface area contributed by atoms with Crippen LogP contribution in [0.5, 0.6) is 5.75 Å². The van der Waals surface area contributed by atoms with Gasteiger partial charge in [0.2, 0.25) is 5.95 Å². The second kappa shape index (κ2) is 6.10. The second-order valence-corrected chi connectivity index (χ2v) is 5.48. The van der Waals surface area contributed by atoms with E-state index in [1.807, 2.05) is 24.3 Å². The standard InChI is InChI=1S/C16H20N4O/c17-13-6-9-20(10-7-13)16-18-8-5-14(19-16)11-12-3-1-2-4-15(12)21/h1-5,8,13,21H,6-7,9-11,17H2. The fourth-order valence-corrected chi connectivity index (χ4v) is 2.59. The molecular formula is C16H20N4O. The number of phenolic OH excluding ortho intramolecular Hbond substituents is 1. The van der Waals surface area contributed by atoms with Crippen LogP contribution in [0, 0.1) is 0 Å². The third-order valence-electron chi connectivity index (χ3n) is 3.89. The zero-order valence-corrected chi connectivity index (χ0v) is 11.9. The minimum atomic E-state index is 0.297. The summed E-state index contributed by atoms with van der Waals surface area (Å²) in [7, 11) is 0. The summed E-state index contributed by atoms with van der Waals surface area (Å²) in [6, 6.07) is 9.54. The number of aromatic hydroxyl groups is 1. The Morgan fingerprint density at radius 1 is 1.19 bits per heavy atom. The van der Waals surface area contributed by atoms with Gasteiger partial charge in [0, 0.05) is 31.7 Å². The highest BCUT2D eigenvalue weighted by Crippen LogP contribution is 2.20. The number of phenols is 1. The lowest BCUT2D eigenvalue weighted by atomic mass is 10.1. The maximum absolute atomic E-state index is 9.85. The average molecular weight is 284 g/mol. The minimum absolute atomic E-state index is 0.297. The molecule has 3 rings (SSSR count). The molecule has 5 nitrogen and oxygen atoms in total. The Morgan fingerprint density at radius 2 is 1.95 bits per heavy atom. The zero-order chi connectivity index (χ0) is 14.7. The van der Waals surface area contributed by atoms with Crippen molar-refractivity contribution in [3.05, 3.63) is 47.8 Å². The number of para-hydroxylation sites is 1. The van der Waals surface area contributed by atoms with E-state index in [9.17, 15) is 5.11 Å². The Balaban J connectivity index is 1.76. The number of hydrogen-bond acceptors (Lipinski definition) is 5. The summed E-state index contributed by atoms with van der Waals surface area (Å²) >= 11 is 0. The normalized spacial score (nSPS) is 16.1. The van der Waals surface area contributed by atoms with Crippen molar-refractivity contribution in [2.24, 2.45) is 5.73 Å². The Labute approximate surface area is 124 Å². The van der Waals surface area contributed by atoms with Crippen molar-refractivity contribution < 1.29 is 5.11 Å². The lowest BCUT2D eigenvalue weighted by molar-refractivity contribution is 0.469. The van der Waals surface area contributed by atoms with Gasteiger partial charge in [0.15, 0.2) is 0 Å². The molecule has 1 aliphatic heterocycles. The number of hydrogen-bond donors (Lipinski definition) is 2. The molecule has 0 aliphatic carbocycles. The van der Waals surface area contributed by atoms with Gasteiger partial charge in [-0.3, -0.25) is 0 Å². The van der Waals surface area contributed by atoms with E-state index >= 15 is 0 Å². The van der Waals surface area contributed by atoms with Gasteiger partial charge in [0.05, 0.1) is 5.69 Å². The Kier molecular flexibility index (Phi) is 4.01. The second-order valence-electron chi connectivity index (χ2n) is 5.48. The van der Waals surface area contributed by atoms with Crippen molar-refractivity contribution in [3.8, 4) is 5.75 Å². The van der Waals surface area contributed by atoms with Crippen LogP contribution in [0.3, 0.4) is 0 Å². The quantitative estimate of drug-likeness (QED) is 0.897. The Hall–Kier alpha value is -2.14. The van der Waals surface area contributed by atoms with E-state index in [-0.39, 0.29) is 0 Å². The highest BCUT2D eigenvalue weighted by Gasteiger charge is 2.18. The van der Waals surface area contributed by atoms with Gasteiger partial charge in [0.1, 0.15) is 5.75 Å². The minimum Gasteiger partial charge on any atom is -0.508 e. The van der Waals surface area contributed by atoms with E-state index in [2.05, 4.69) is 14.9 Å². The predicted octanol–water partition coefficient (Wildman–Crippen LogP) is 1.70. The number of nitrogens with zero attached hydrogens (tertiary/aromatic N) is 3. The van der Waals surface area contributed by atoms with Gasteiger partial charge in [-0.2, -0.15) is 0 Å². The predicted molar refractivity (Wildman–Crippen MR) is 82.4 cm³/mol. The molecule has 1 fully saturated rings. The van der Waals surface area contributed by atoms with E-state index in [0.29, 0.717) is 18.2 Å². The number of nitrogens with two attached hydrogens (primary N) is 1. The molecule has 5 heteroatoms. The molecule has 0 saturated carbocycles. The molecule has 1 aromatic carbocycles. The molecule has 0 radical (unpaired) electrons. The molecule has 0 atom stereocenters. The third kappa shape index (κ3) is 3.31. The molecule has 21 heavy (non-hydrogen) atoms. The molecule has 3 N–H and O–H groups in total. The van der Waals surface area contributed by atoms with E-state index in [0.717, 1.165) is 43.1 Å². The maximum Gasteiger partial charge on any atom is 0.225 e. The Morgan fingerprint density at radius 3 is 2.71 bits per heavy atom. The summed E-state index contributed by atoms with van der Waals surface area (Å²) in [5, 5.41) is 9.85. The van der Waals surface area contributed by atoms with Crippen molar-refractivity contribution in [2.75, 3.05) is 18.0 Å². The summed E-state index contributed by atoms with van der Waals surface area (Å²) < 4.78 is 0. The van der Waals surface area contributed by atoms with Gasteiger partial charge in [-0.15, -0.1) is 0 Å². The summed E-state index contributed by atoms with van der Waals surface area (Å²) in [6.07, 6.45) is 4.35. The number of anilines is 1. The van der Waals surface area contributed by atoms with Crippen molar-refractivity contribution in [1.82, 2.24) is 9.97 Å². The molecule has 2 heterocycles. The van der Waals surface area contributed by atoms with Gasteiger partial charge in [0.25, 0.3) is 0 Å². The maximum atomic E-state index is 9.85. The summed E-state index contributed by atoms with van der Waals surface area (Å²) in [6.45, 7) is 1.81. The summed E-state index contributed by atoms with van der Waals surface area (Å²) in [5.74, 6) is 1.07. The molecular weight excluding hydrogens is 264 g/mol. The van der Waals surface area contributed by atoms with Gasteiger partial charge in [-0.25, -0.2) is 9.97 Å². The molecule has 1 saturated heterocycles. The van der Waals surface area contributed by atoms with Crippen LogP contribution in [0.25, 0.3) is 0 Å². The van der Waals surface area contributed by atoms with Crippen LogP contribution in [0.15, 0.2) is 36.5 Å². The van der Waals surface area contributed by atoms with E-state index < -0.39 is 0 Å². The van der Waals surface area contributed by atoms with Crippen molar-refractivity contribution in [3.63, 3.8) is 0 Å². The number of aromatic nitrogens is 2. The fraction of sp³-hybridized carbons (Fsp3) is 0.375. The molecule has 0 bridgehead atoms. The van der Waals surface area contributed by atoms with Gasteiger partial charge in [-0.05, 0) is 30.5 Å². The topological polar surface area (TPSA) is 75.3 Å². The average Bonchev–Trinajstić information content (AvgIpc) is 2.51. The third-order valence-corrected chi connectivity index (χ3v) is 3.89. The van der Waals surface area contributed by atoms with Gasteiger partial charge < -0.3 is 15.7 Å². The molecule has 0 unspecified atom stereocenters. The lowest BCUT2D eigenvalue weighted by Crippen LogP contribution is -2.40. The number of piperidine rings is 1. The van der Waals surface area contributed by atoms with Crippen molar-refractivity contribution in [2.45, 2.75) is 25.3 Å². The zero-order valence-electron chi connectivity index (χ0n) is 11.9. The highest BCUT2D eigenvalue weighted by atomic mass is 16.3. The first-order chi connectivity index (χ1) is 10.2. The molecule has 1 aromatic heterocycles. The van der Waals surface area contributed by atoms with Crippen LogP contribution in [0.4, 0.5) is 5.95 Å². The SMILES string of the molecule is NC1CCN(c2nccc(Cc3ccccc3O)n2)CC1. The summed E-state index contributed by atoms with van der Waals surface area (Å²) in [5.41, 5.74) is 7.72. The van der Waals surface area contributed by atoms with Crippen LogP contribution >= 0.6 is 0 Å². The van der Waals surface area contributed by atoms with Crippen molar-refractivity contribution >= 4 is 5.95 Å². The first kappa shape index (κ1) is 13.8. The Bertz CT molecular complexity index is 609. The fourth-order valence-electron chi connectivity index (χ4n) is 2.59. The monoisotopic (exact) mass is 284 g/mol. The number of benzene rings is 1. The van der Waals surface area contributed by atoms with Crippen LogP contribution in [0.1, 0.15) is 24.1 Å². The lowest BCUT2D eigenvalue weighted by Gasteiger charge is -2.30. The molecule has 0 amide bonds. The van der Waals surface area contributed by atoms with Crippen LogP contribution < -0.4 is 10.6 Å². The molecule has 0 spiro atoms. The van der Waals surface area contributed by atoms with Gasteiger partial charge >= 0.3 is 0 Å².